The van der Waals surface area contributed by atoms with E-state index in [4.69, 9.17) is 5.73 Å². The van der Waals surface area contributed by atoms with Gasteiger partial charge in [0.1, 0.15) is 11.5 Å². The Balaban J connectivity index is 2.22. The monoisotopic (exact) mass is 258 g/mol. The number of aromatic amines is 1. The van der Waals surface area contributed by atoms with Gasteiger partial charge in [0.05, 0.1) is 18.3 Å². The highest BCUT2D eigenvalue weighted by atomic mass is 16.1. The van der Waals surface area contributed by atoms with Gasteiger partial charge >= 0.3 is 5.69 Å². The molecular formula is C12H14N6O. The van der Waals surface area contributed by atoms with Crippen LogP contribution in [-0.2, 0) is 6.54 Å². The van der Waals surface area contributed by atoms with Crippen LogP contribution in [0.25, 0.3) is 5.65 Å². The minimum absolute atomic E-state index is 0.162. The van der Waals surface area contributed by atoms with Crippen molar-refractivity contribution >= 4 is 5.65 Å². The van der Waals surface area contributed by atoms with Crippen LogP contribution in [0.4, 0.5) is 0 Å². The average Bonchev–Trinajstić information content (AvgIpc) is 3.03. The summed E-state index contributed by atoms with van der Waals surface area (Å²) in [6.07, 6.45) is 3.41. The van der Waals surface area contributed by atoms with Crippen LogP contribution in [0, 0.1) is 0 Å². The fourth-order valence-electron chi connectivity index (χ4n) is 2.07. The molecule has 0 amide bonds. The van der Waals surface area contributed by atoms with Gasteiger partial charge in [0.25, 0.3) is 0 Å². The number of nitrogens with two attached hydrogens (primary N) is 1. The summed E-state index contributed by atoms with van der Waals surface area (Å²) in [6.45, 7) is 2.16. The summed E-state index contributed by atoms with van der Waals surface area (Å²) in [4.78, 5) is 16.9. The molecule has 3 heterocycles. The third-order valence-electron chi connectivity index (χ3n) is 2.96. The number of nitrogens with zero attached hydrogens (tertiary/aromatic N) is 4. The third kappa shape index (κ3) is 1.93. The Morgan fingerprint density at radius 3 is 3.00 bits per heavy atom. The van der Waals surface area contributed by atoms with E-state index in [-0.39, 0.29) is 11.7 Å². The van der Waals surface area contributed by atoms with Crippen LogP contribution < -0.4 is 11.4 Å². The molecule has 0 aliphatic heterocycles. The average molecular weight is 258 g/mol. The molecule has 0 bridgehead atoms. The predicted molar refractivity (Wildman–Crippen MR) is 69.7 cm³/mol. The fraction of sp³-hybridized carbons (Fsp3) is 0.250. The van der Waals surface area contributed by atoms with Gasteiger partial charge in [0.15, 0.2) is 0 Å². The van der Waals surface area contributed by atoms with E-state index in [1.807, 2.05) is 13.0 Å². The van der Waals surface area contributed by atoms with Crippen LogP contribution in [0.15, 0.2) is 35.4 Å². The molecule has 0 spiro atoms. The topological polar surface area (TPSA) is 94.0 Å². The Bertz CT molecular complexity index is 752. The fourth-order valence-corrected chi connectivity index (χ4v) is 2.07. The van der Waals surface area contributed by atoms with Crippen LogP contribution in [0.2, 0.25) is 0 Å². The summed E-state index contributed by atoms with van der Waals surface area (Å²) >= 11 is 0. The summed E-state index contributed by atoms with van der Waals surface area (Å²) in [5.74, 6) is 0.555. The Hall–Kier alpha value is -2.41. The molecule has 0 aliphatic rings. The quantitative estimate of drug-likeness (QED) is 0.706. The number of aromatic nitrogens is 5. The van der Waals surface area contributed by atoms with Gasteiger partial charge in [0, 0.05) is 12.4 Å². The maximum Gasteiger partial charge on any atom is 0.335 e. The lowest BCUT2D eigenvalue weighted by Gasteiger charge is -2.14. The van der Waals surface area contributed by atoms with Crippen molar-refractivity contribution in [3.05, 3.63) is 52.6 Å². The van der Waals surface area contributed by atoms with Crippen LogP contribution in [0.3, 0.4) is 0 Å². The highest BCUT2D eigenvalue weighted by Gasteiger charge is 2.14. The van der Waals surface area contributed by atoms with Crippen LogP contribution in [-0.4, -0.2) is 24.1 Å². The molecule has 0 aliphatic carbocycles. The Kier molecular flexibility index (Phi) is 2.68. The number of fused-ring (bicyclic) bond motifs is 1. The van der Waals surface area contributed by atoms with Crippen molar-refractivity contribution in [1.82, 2.24) is 24.1 Å². The Morgan fingerprint density at radius 2 is 2.32 bits per heavy atom. The molecule has 0 saturated heterocycles. The zero-order valence-corrected chi connectivity index (χ0v) is 10.4. The zero-order chi connectivity index (χ0) is 13.4. The van der Waals surface area contributed by atoms with Crippen molar-refractivity contribution in [1.29, 1.82) is 0 Å². The molecule has 3 N–H and O–H groups in total. The molecule has 7 nitrogen and oxygen atoms in total. The van der Waals surface area contributed by atoms with Crippen molar-refractivity contribution in [3.8, 4) is 0 Å². The van der Waals surface area contributed by atoms with Gasteiger partial charge in [-0.05, 0) is 25.1 Å². The first-order chi connectivity index (χ1) is 9.16. The van der Waals surface area contributed by atoms with Gasteiger partial charge in [0.2, 0.25) is 0 Å². The number of nitrogens with one attached hydrogen (secondary N) is 1. The van der Waals surface area contributed by atoms with Crippen LogP contribution >= 0.6 is 0 Å². The van der Waals surface area contributed by atoms with E-state index in [0.717, 1.165) is 5.69 Å². The lowest BCUT2D eigenvalue weighted by Crippen LogP contribution is -2.33. The minimum atomic E-state index is -0.327. The summed E-state index contributed by atoms with van der Waals surface area (Å²) < 4.78 is 3.05. The summed E-state index contributed by atoms with van der Waals surface area (Å²) in [5, 5.41) is 6.78. The standard InChI is InChI=1S/C12H14N6O/c1-8(13)11-15-10-3-2-6-17(10)12(19)18(11)7-9-4-5-14-16-9/h2-6,8H,7,13H2,1H3,(H,14,16)/t8-/m0/s1. The number of hydrogen-bond acceptors (Lipinski definition) is 4. The first-order valence-corrected chi connectivity index (χ1v) is 5.99. The molecule has 7 heteroatoms. The molecule has 0 saturated carbocycles. The second-order valence-corrected chi connectivity index (χ2v) is 4.43. The smallest absolute Gasteiger partial charge is 0.322 e. The third-order valence-corrected chi connectivity index (χ3v) is 2.96. The van der Waals surface area contributed by atoms with E-state index < -0.39 is 0 Å². The van der Waals surface area contributed by atoms with E-state index in [1.54, 1.807) is 29.1 Å². The maximum atomic E-state index is 12.4. The van der Waals surface area contributed by atoms with Crippen LogP contribution in [0.5, 0.6) is 0 Å². The number of hydrogen-bond donors (Lipinski definition) is 2. The van der Waals surface area contributed by atoms with E-state index in [0.29, 0.717) is 18.0 Å². The minimum Gasteiger partial charge on any atom is -0.322 e. The van der Waals surface area contributed by atoms with Crippen molar-refractivity contribution in [2.24, 2.45) is 5.73 Å². The zero-order valence-electron chi connectivity index (χ0n) is 10.4. The molecule has 0 fully saturated rings. The van der Waals surface area contributed by atoms with Gasteiger partial charge in [-0.2, -0.15) is 5.10 Å². The van der Waals surface area contributed by atoms with Crippen molar-refractivity contribution in [3.63, 3.8) is 0 Å². The molecule has 1 atom stereocenters. The second kappa shape index (κ2) is 4.36. The first kappa shape index (κ1) is 11.7. The van der Waals surface area contributed by atoms with Crippen molar-refractivity contribution in [2.75, 3.05) is 0 Å². The molecule has 0 unspecified atom stereocenters. The van der Waals surface area contributed by atoms with Gasteiger partial charge < -0.3 is 5.73 Å². The normalized spacial score (nSPS) is 12.9. The highest BCUT2D eigenvalue weighted by Crippen LogP contribution is 2.09. The lowest BCUT2D eigenvalue weighted by molar-refractivity contribution is 0.583. The first-order valence-electron chi connectivity index (χ1n) is 5.99. The predicted octanol–water partition coefficient (Wildman–Crippen LogP) is 0.287. The molecule has 98 valence electrons. The number of H-pyrrole nitrogens is 1. The molecular weight excluding hydrogens is 244 g/mol. The van der Waals surface area contributed by atoms with E-state index >= 15 is 0 Å². The molecule has 0 aromatic carbocycles. The molecule has 0 radical (unpaired) electrons. The van der Waals surface area contributed by atoms with E-state index in [2.05, 4.69) is 15.2 Å². The maximum absolute atomic E-state index is 12.4. The molecule has 19 heavy (non-hydrogen) atoms. The van der Waals surface area contributed by atoms with Crippen LogP contribution in [0.1, 0.15) is 24.5 Å². The molecule has 3 aromatic rings. The summed E-state index contributed by atoms with van der Waals surface area (Å²) in [5.41, 5.74) is 7.12. The van der Waals surface area contributed by atoms with Crippen molar-refractivity contribution in [2.45, 2.75) is 19.5 Å². The highest BCUT2D eigenvalue weighted by molar-refractivity contribution is 5.38. The second-order valence-electron chi connectivity index (χ2n) is 4.43. The van der Waals surface area contributed by atoms with Crippen molar-refractivity contribution < 1.29 is 0 Å². The number of rotatable bonds is 3. The summed E-state index contributed by atoms with van der Waals surface area (Å²) in [6, 6.07) is 5.06. The molecule has 3 rings (SSSR count). The SMILES string of the molecule is C[C@H](N)c1nc2cccn2c(=O)n1Cc1cc[nH]n1. The Morgan fingerprint density at radius 1 is 1.47 bits per heavy atom. The largest absolute Gasteiger partial charge is 0.335 e. The summed E-state index contributed by atoms with van der Waals surface area (Å²) in [7, 11) is 0. The van der Waals surface area contributed by atoms with Gasteiger partial charge in [-0.15, -0.1) is 0 Å². The van der Waals surface area contributed by atoms with Gasteiger partial charge in [-0.3, -0.25) is 14.1 Å². The van der Waals surface area contributed by atoms with Gasteiger partial charge in [-0.1, -0.05) is 0 Å². The van der Waals surface area contributed by atoms with Gasteiger partial charge in [-0.25, -0.2) is 9.78 Å². The Labute approximate surface area is 108 Å². The van der Waals surface area contributed by atoms with E-state index in [9.17, 15) is 4.79 Å². The van der Waals surface area contributed by atoms with E-state index in [1.165, 1.54) is 4.40 Å². The molecule has 3 aromatic heterocycles. The lowest BCUT2D eigenvalue weighted by atomic mass is 10.3.